The predicted molar refractivity (Wildman–Crippen MR) is 47.9 cm³/mol. The molecule has 0 amide bonds. The van der Waals surface area contributed by atoms with Crippen LogP contribution in [0.5, 0.6) is 0 Å². The van der Waals surface area contributed by atoms with Crippen LogP contribution >= 0.6 is 0 Å². The minimum Gasteiger partial charge on any atom is -0.193 e. The van der Waals surface area contributed by atoms with E-state index >= 15 is 0 Å². The molecule has 0 aliphatic carbocycles. The standard InChI is InChI=1S/C10H13N/c1-9(2)5-4-6-10(3)7-8-11/h4-7H,1-3H3/b6-4+,10-7+. The van der Waals surface area contributed by atoms with Gasteiger partial charge in [0.2, 0.25) is 0 Å². The van der Waals surface area contributed by atoms with Crippen LogP contribution in [0.3, 0.4) is 0 Å². The van der Waals surface area contributed by atoms with Gasteiger partial charge in [-0.15, -0.1) is 0 Å². The third-order valence-electron chi connectivity index (χ3n) is 1.08. The van der Waals surface area contributed by atoms with Crippen molar-refractivity contribution in [2.75, 3.05) is 0 Å². The van der Waals surface area contributed by atoms with Gasteiger partial charge in [0.25, 0.3) is 0 Å². The number of rotatable bonds is 2. The van der Waals surface area contributed by atoms with Crippen LogP contribution in [-0.4, -0.2) is 0 Å². The lowest BCUT2D eigenvalue weighted by Crippen LogP contribution is -1.65. The van der Waals surface area contributed by atoms with Gasteiger partial charge in [-0.05, 0) is 26.3 Å². The number of hydrogen-bond donors (Lipinski definition) is 0. The maximum atomic E-state index is 8.27. The highest BCUT2D eigenvalue weighted by atomic mass is 14.2. The number of nitrogens with zero attached hydrogens (tertiary/aromatic N) is 1. The van der Waals surface area contributed by atoms with Crippen molar-refractivity contribution < 1.29 is 0 Å². The molecular weight excluding hydrogens is 134 g/mol. The summed E-state index contributed by atoms with van der Waals surface area (Å²) in [6.45, 7) is 5.97. The van der Waals surface area contributed by atoms with Crippen LogP contribution in [0.4, 0.5) is 0 Å². The summed E-state index contributed by atoms with van der Waals surface area (Å²) >= 11 is 0. The van der Waals surface area contributed by atoms with Crippen LogP contribution in [0.15, 0.2) is 35.5 Å². The van der Waals surface area contributed by atoms with Gasteiger partial charge < -0.3 is 0 Å². The summed E-state index contributed by atoms with van der Waals surface area (Å²) < 4.78 is 0. The Bertz CT molecular complexity index is 232. The van der Waals surface area contributed by atoms with E-state index in [9.17, 15) is 0 Å². The highest BCUT2D eigenvalue weighted by Gasteiger charge is 1.77. The molecule has 0 radical (unpaired) electrons. The fourth-order valence-electron chi connectivity index (χ4n) is 0.542. The molecule has 0 aromatic heterocycles. The lowest BCUT2D eigenvalue weighted by atomic mass is 10.2. The Morgan fingerprint density at radius 2 is 1.91 bits per heavy atom. The summed E-state index contributed by atoms with van der Waals surface area (Å²) in [6, 6.07) is 1.97. The highest BCUT2D eigenvalue weighted by molar-refractivity contribution is 5.25. The molecule has 0 saturated carbocycles. The normalized spacial score (nSPS) is 11.3. The second-order valence-corrected chi connectivity index (χ2v) is 2.62. The quantitative estimate of drug-likeness (QED) is 0.435. The van der Waals surface area contributed by atoms with Crippen molar-refractivity contribution in [1.29, 1.82) is 5.26 Å². The molecule has 0 heterocycles. The Labute approximate surface area is 68.3 Å². The maximum Gasteiger partial charge on any atom is 0.0914 e. The van der Waals surface area contributed by atoms with E-state index in [4.69, 9.17) is 5.26 Å². The molecule has 0 atom stereocenters. The first-order valence-corrected chi connectivity index (χ1v) is 3.54. The van der Waals surface area contributed by atoms with Crippen LogP contribution in [0.25, 0.3) is 0 Å². The average molecular weight is 147 g/mol. The van der Waals surface area contributed by atoms with E-state index in [2.05, 4.69) is 0 Å². The van der Waals surface area contributed by atoms with Crippen LogP contribution in [0.2, 0.25) is 0 Å². The zero-order valence-electron chi connectivity index (χ0n) is 7.26. The second-order valence-electron chi connectivity index (χ2n) is 2.62. The van der Waals surface area contributed by atoms with E-state index in [1.807, 2.05) is 45.1 Å². The molecule has 0 spiro atoms. The molecule has 0 saturated heterocycles. The minimum atomic E-state index is 0.977. The van der Waals surface area contributed by atoms with E-state index in [-0.39, 0.29) is 0 Å². The molecule has 1 nitrogen and oxygen atoms in total. The zero-order chi connectivity index (χ0) is 8.69. The van der Waals surface area contributed by atoms with Crippen LogP contribution < -0.4 is 0 Å². The first-order valence-electron chi connectivity index (χ1n) is 3.54. The predicted octanol–water partition coefficient (Wildman–Crippen LogP) is 2.98. The first kappa shape index (κ1) is 9.71. The van der Waals surface area contributed by atoms with Crippen molar-refractivity contribution in [3.63, 3.8) is 0 Å². The maximum absolute atomic E-state index is 8.27. The Balaban J connectivity index is 4.07. The smallest absolute Gasteiger partial charge is 0.0914 e. The molecule has 0 aromatic carbocycles. The highest BCUT2D eigenvalue weighted by Crippen LogP contribution is 1.95. The molecule has 0 fully saturated rings. The Hall–Kier alpha value is -1.29. The van der Waals surface area contributed by atoms with Gasteiger partial charge in [-0.3, -0.25) is 0 Å². The molecular formula is C10H13N. The SMILES string of the molecule is CC(C)=C/C=C/C(C)=C/C#N. The van der Waals surface area contributed by atoms with Gasteiger partial charge in [-0.2, -0.15) is 5.26 Å². The third kappa shape index (κ3) is 6.60. The topological polar surface area (TPSA) is 23.8 Å². The molecule has 0 N–H and O–H groups in total. The Morgan fingerprint density at radius 1 is 1.27 bits per heavy atom. The van der Waals surface area contributed by atoms with Crippen molar-refractivity contribution in [3.05, 3.63) is 35.5 Å². The lowest BCUT2D eigenvalue weighted by Gasteiger charge is -1.84. The summed E-state index contributed by atoms with van der Waals surface area (Å²) in [6.07, 6.45) is 7.39. The van der Waals surface area contributed by atoms with Crippen molar-refractivity contribution in [2.24, 2.45) is 0 Å². The van der Waals surface area contributed by atoms with Gasteiger partial charge in [-0.25, -0.2) is 0 Å². The van der Waals surface area contributed by atoms with Crippen LogP contribution in [0, 0.1) is 11.3 Å². The molecule has 11 heavy (non-hydrogen) atoms. The summed E-state index contributed by atoms with van der Waals surface area (Å²) in [4.78, 5) is 0. The third-order valence-corrected chi connectivity index (χ3v) is 1.08. The molecule has 1 heteroatoms. The number of nitriles is 1. The number of allylic oxidation sites excluding steroid dienone is 6. The zero-order valence-corrected chi connectivity index (χ0v) is 7.26. The van der Waals surface area contributed by atoms with E-state index < -0.39 is 0 Å². The number of hydrogen-bond acceptors (Lipinski definition) is 1. The van der Waals surface area contributed by atoms with Gasteiger partial charge in [0.05, 0.1) is 6.07 Å². The molecule has 0 unspecified atom stereocenters. The summed E-state index contributed by atoms with van der Waals surface area (Å²) in [5.74, 6) is 0. The van der Waals surface area contributed by atoms with Gasteiger partial charge in [-0.1, -0.05) is 23.8 Å². The molecule has 0 bridgehead atoms. The molecule has 0 aliphatic rings. The summed E-state index contributed by atoms with van der Waals surface area (Å²) in [7, 11) is 0. The van der Waals surface area contributed by atoms with Crippen LogP contribution in [0.1, 0.15) is 20.8 Å². The molecule has 0 aliphatic heterocycles. The van der Waals surface area contributed by atoms with E-state index in [1.54, 1.807) is 0 Å². The average Bonchev–Trinajstić information content (AvgIpc) is 1.87. The first-order chi connectivity index (χ1) is 5.16. The summed E-state index contributed by atoms with van der Waals surface area (Å²) in [5, 5.41) is 8.27. The minimum absolute atomic E-state index is 0.977. The van der Waals surface area contributed by atoms with Gasteiger partial charge in [0.15, 0.2) is 0 Å². The van der Waals surface area contributed by atoms with E-state index in [1.165, 1.54) is 11.6 Å². The fourth-order valence-corrected chi connectivity index (χ4v) is 0.542. The van der Waals surface area contributed by atoms with Gasteiger partial charge in [0.1, 0.15) is 0 Å². The fraction of sp³-hybridized carbons (Fsp3) is 0.300. The Morgan fingerprint density at radius 3 is 2.36 bits per heavy atom. The van der Waals surface area contributed by atoms with E-state index in [0.29, 0.717) is 0 Å². The molecule has 0 rings (SSSR count). The lowest BCUT2D eigenvalue weighted by molar-refractivity contribution is 1.39. The van der Waals surface area contributed by atoms with Gasteiger partial charge >= 0.3 is 0 Å². The van der Waals surface area contributed by atoms with Crippen molar-refractivity contribution in [1.82, 2.24) is 0 Å². The molecule has 0 aromatic rings. The summed E-state index contributed by atoms with van der Waals surface area (Å²) in [5.41, 5.74) is 2.23. The van der Waals surface area contributed by atoms with Crippen LogP contribution in [-0.2, 0) is 0 Å². The van der Waals surface area contributed by atoms with E-state index in [0.717, 1.165) is 5.57 Å². The largest absolute Gasteiger partial charge is 0.193 e. The molecule has 58 valence electrons. The Kier molecular flexibility index (Phi) is 4.85. The van der Waals surface area contributed by atoms with Crippen molar-refractivity contribution >= 4 is 0 Å². The van der Waals surface area contributed by atoms with Crippen molar-refractivity contribution in [3.8, 4) is 6.07 Å². The second kappa shape index (κ2) is 5.49. The van der Waals surface area contributed by atoms with Crippen molar-refractivity contribution in [2.45, 2.75) is 20.8 Å². The van der Waals surface area contributed by atoms with Gasteiger partial charge in [0, 0.05) is 6.08 Å². The monoisotopic (exact) mass is 147 g/mol.